The molecule has 0 unspecified atom stereocenters. The Morgan fingerprint density at radius 1 is 0.667 bits per heavy atom. The van der Waals surface area contributed by atoms with Gasteiger partial charge in [-0.2, -0.15) is 0 Å². The summed E-state index contributed by atoms with van der Waals surface area (Å²) in [6.07, 6.45) is 15.5. The zero-order chi connectivity index (χ0) is 15.3. The Bertz CT molecular complexity index is 342. The predicted octanol–water partition coefficient (Wildman–Crippen LogP) is 5.81. The maximum Gasteiger partial charge on any atom is 0.125 e. The molecule has 1 aromatic rings. The molecule has 0 radical (unpaired) electrons. The molecule has 0 spiro atoms. The van der Waals surface area contributed by atoms with Gasteiger partial charge in [0.25, 0.3) is 0 Å². The van der Waals surface area contributed by atoms with Crippen molar-refractivity contribution in [2.75, 3.05) is 0 Å². The van der Waals surface area contributed by atoms with Crippen LogP contribution in [0, 0.1) is 6.92 Å². The summed E-state index contributed by atoms with van der Waals surface area (Å²) >= 11 is 0. The maximum absolute atomic E-state index is 4.60. The van der Waals surface area contributed by atoms with Crippen molar-refractivity contribution in [3.63, 3.8) is 0 Å². The molecule has 120 valence electrons. The third-order valence-electron chi connectivity index (χ3n) is 4.02. The van der Waals surface area contributed by atoms with Gasteiger partial charge in [0, 0.05) is 11.4 Å². The molecule has 0 aliphatic carbocycles. The zero-order valence-electron chi connectivity index (χ0n) is 14.5. The van der Waals surface area contributed by atoms with Crippen LogP contribution in [-0.2, 0) is 12.8 Å². The number of unbranched alkanes of at least 4 members (excludes halogenated alkanes) is 8. The van der Waals surface area contributed by atoms with Gasteiger partial charge in [-0.3, -0.25) is 0 Å². The van der Waals surface area contributed by atoms with E-state index in [9.17, 15) is 0 Å². The van der Waals surface area contributed by atoms with Gasteiger partial charge >= 0.3 is 0 Å². The Morgan fingerprint density at radius 3 is 1.52 bits per heavy atom. The van der Waals surface area contributed by atoms with Gasteiger partial charge in [-0.05, 0) is 38.7 Å². The summed E-state index contributed by atoms with van der Waals surface area (Å²) in [7, 11) is 0. The highest BCUT2D eigenvalue weighted by Crippen LogP contribution is 2.12. The van der Waals surface area contributed by atoms with Crippen LogP contribution in [0.15, 0.2) is 6.07 Å². The van der Waals surface area contributed by atoms with Crippen LogP contribution in [-0.4, -0.2) is 9.97 Å². The summed E-state index contributed by atoms with van der Waals surface area (Å²) in [5, 5.41) is 0. The molecule has 2 nitrogen and oxygen atoms in total. The van der Waals surface area contributed by atoms with Crippen molar-refractivity contribution in [1.29, 1.82) is 0 Å². The molecule has 0 aromatic carbocycles. The number of hydrogen-bond acceptors (Lipinski definition) is 2. The lowest BCUT2D eigenvalue weighted by Crippen LogP contribution is -2.01. The molecule has 1 rings (SSSR count). The highest BCUT2D eigenvalue weighted by Gasteiger charge is 2.02. The van der Waals surface area contributed by atoms with Crippen LogP contribution in [0.2, 0.25) is 0 Å². The van der Waals surface area contributed by atoms with Gasteiger partial charge < -0.3 is 0 Å². The molecule has 0 atom stereocenters. The summed E-state index contributed by atoms with van der Waals surface area (Å²) in [4.78, 5) is 9.20. The molecule has 0 aliphatic rings. The standard InChI is InChI=1S/C19H34N2/c1-4-6-8-10-12-14-18-16-19(21-17(3)20-18)15-13-11-9-7-5-2/h16H,4-15H2,1-3H3. The van der Waals surface area contributed by atoms with E-state index in [1.165, 1.54) is 75.6 Å². The second-order valence-electron chi connectivity index (χ2n) is 6.23. The molecule has 0 N–H and O–H groups in total. The van der Waals surface area contributed by atoms with Gasteiger partial charge in [-0.1, -0.05) is 65.2 Å². The van der Waals surface area contributed by atoms with E-state index >= 15 is 0 Å². The zero-order valence-corrected chi connectivity index (χ0v) is 14.5. The third-order valence-corrected chi connectivity index (χ3v) is 4.02. The summed E-state index contributed by atoms with van der Waals surface area (Å²) < 4.78 is 0. The number of aryl methyl sites for hydroxylation is 3. The average Bonchev–Trinajstić information content (AvgIpc) is 2.46. The smallest absolute Gasteiger partial charge is 0.125 e. The van der Waals surface area contributed by atoms with E-state index in [2.05, 4.69) is 29.9 Å². The van der Waals surface area contributed by atoms with Crippen molar-refractivity contribution >= 4 is 0 Å². The molecule has 1 aromatic heterocycles. The van der Waals surface area contributed by atoms with E-state index in [1.807, 2.05) is 6.92 Å². The number of aromatic nitrogens is 2. The van der Waals surface area contributed by atoms with E-state index < -0.39 is 0 Å². The highest BCUT2D eigenvalue weighted by atomic mass is 14.9. The van der Waals surface area contributed by atoms with Gasteiger partial charge in [0.1, 0.15) is 5.82 Å². The lowest BCUT2D eigenvalue weighted by atomic mass is 10.1. The highest BCUT2D eigenvalue weighted by molar-refractivity contribution is 5.11. The number of nitrogens with zero attached hydrogens (tertiary/aromatic N) is 2. The first-order valence-corrected chi connectivity index (χ1v) is 9.09. The SMILES string of the molecule is CCCCCCCc1cc(CCCCCCC)nc(C)n1. The Balaban J connectivity index is 2.32. The predicted molar refractivity (Wildman–Crippen MR) is 91.7 cm³/mol. The van der Waals surface area contributed by atoms with E-state index in [1.54, 1.807) is 0 Å². The van der Waals surface area contributed by atoms with E-state index in [0.717, 1.165) is 18.7 Å². The first-order valence-electron chi connectivity index (χ1n) is 9.09. The van der Waals surface area contributed by atoms with Crippen LogP contribution in [0.3, 0.4) is 0 Å². The van der Waals surface area contributed by atoms with Gasteiger partial charge in [0.05, 0.1) is 0 Å². The maximum atomic E-state index is 4.60. The molecule has 0 saturated carbocycles. The molecule has 0 bridgehead atoms. The Labute approximate surface area is 131 Å². The fourth-order valence-corrected chi connectivity index (χ4v) is 2.77. The van der Waals surface area contributed by atoms with Crippen molar-refractivity contribution in [1.82, 2.24) is 9.97 Å². The summed E-state index contributed by atoms with van der Waals surface area (Å²) in [5.74, 6) is 0.949. The van der Waals surface area contributed by atoms with E-state index in [-0.39, 0.29) is 0 Å². The first kappa shape index (κ1) is 18.1. The van der Waals surface area contributed by atoms with Crippen molar-refractivity contribution < 1.29 is 0 Å². The summed E-state index contributed by atoms with van der Waals surface area (Å²) in [5.41, 5.74) is 2.50. The molecular weight excluding hydrogens is 256 g/mol. The fraction of sp³-hybridized carbons (Fsp3) is 0.789. The lowest BCUT2D eigenvalue weighted by Gasteiger charge is -2.06. The van der Waals surface area contributed by atoms with Gasteiger partial charge in [-0.25, -0.2) is 9.97 Å². The third kappa shape index (κ3) is 8.85. The molecule has 0 saturated heterocycles. The molecule has 0 amide bonds. The molecule has 0 fully saturated rings. The van der Waals surface area contributed by atoms with Crippen LogP contribution in [0.5, 0.6) is 0 Å². The van der Waals surface area contributed by atoms with E-state index in [4.69, 9.17) is 0 Å². The second-order valence-corrected chi connectivity index (χ2v) is 6.23. The van der Waals surface area contributed by atoms with E-state index in [0.29, 0.717) is 0 Å². The van der Waals surface area contributed by atoms with Crippen LogP contribution >= 0.6 is 0 Å². The Morgan fingerprint density at radius 2 is 1.10 bits per heavy atom. The van der Waals surface area contributed by atoms with Crippen molar-refractivity contribution in [3.05, 3.63) is 23.3 Å². The second kappa shape index (κ2) is 11.7. The minimum Gasteiger partial charge on any atom is -0.238 e. The average molecular weight is 290 g/mol. The van der Waals surface area contributed by atoms with Gasteiger partial charge in [-0.15, -0.1) is 0 Å². The van der Waals surface area contributed by atoms with Crippen LogP contribution in [0.1, 0.15) is 95.3 Å². The largest absolute Gasteiger partial charge is 0.238 e. The topological polar surface area (TPSA) is 25.8 Å². The normalized spacial score (nSPS) is 11.0. The summed E-state index contributed by atoms with van der Waals surface area (Å²) in [6.45, 7) is 6.56. The van der Waals surface area contributed by atoms with Gasteiger partial charge in [0.2, 0.25) is 0 Å². The minimum atomic E-state index is 0.949. The quantitative estimate of drug-likeness (QED) is 0.454. The number of hydrogen-bond donors (Lipinski definition) is 0. The summed E-state index contributed by atoms with van der Waals surface area (Å²) in [6, 6.07) is 2.24. The van der Waals surface area contributed by atoms with Crippen molar-refractivity contribution in [3.8, 4) is 0 Å². The molecule has 2 heteroatoms. The molecular formula is C19H34N2. The van der Waals surface area contributed by atoms with Gasteiger partial charge in [0.15, 0.2) is 0 Å². The first-order chi connectivity index (χ1) is 10.3. The lowest BCUT2D eigenvalue weighted by molar-refractivity contribution is 0.619. The Hall–Kier alpha value is -0.920. The van der Waals surface area contributed by atoms with Crippen molar-refractivity contribution in [2.24, 2.45) is 0 Å². The molecule has 0 aliphatic heterocycles. The number of rotatable bonds is 12. The fourth-order valence-electron chi connectivity index (χ4n) is 2.77. The van der Waals surface area contributed by atoms with Crippen molar-refractivity contribution in [2.45, 2.75) is 97.8 Å². The van der Waals surface area contributed by atoms with Crippen LogP contribution in [0.25, 0.3) is 0 Å². The molecule has 1 heterocycles. The monoisotopic (exact) mass is 290 g/mol. The Kier molecular flexibility index (Phi) is 10.1. The van der Waals surface area contributed by atoms with Crippen LogP contribution in [0.4, 0.5) is 0 Å². The molecule has 21 heavy (non-hydrogen) atoms. The minimum absolute atomic E-state index is 0.949. The van der Waals surface area contributed by atoms with Crippen LogP contribution < -0.4 is 0 Å².